The summed E-state index contributed by atoms with van der Waals surface area (Å²) in [4.78, 5) is 26.4. The average Bonchev–Trinajstić information content (AvgIpc) is 3.11. The summed E-state index contributed by atoms with van der Waals surface area (Å²) in [5.41, 5.74) is 10.7. The van der Waals surface area contributed by atoms with E-state index in [2.05, 4.69) is 10.1 Å². The van der Waals surface area contributed by atoms with Crippen molar-refractivity contribution in [1.82, 2.24) is 14.8 Å². The fourth-order valence-corrected chi connectivity index (χ4v) is 2.13. The van der Waals surface area contributed by atoms with Gasteiger partial charge in [0.05, 0.1) is 0 Å². The fourth-order valence-electron chi connectivity index (χ4n) is 2.13. The second kappa shape index (κ2) is 7.21. The lowest BCUT2D eigenvalue weighted by Crippen LogP contribution is -2.40. The Morgan fingerprint density at radius 2 is 2.08 bits per heavy atom. The maximum atomic E-state index is 11.7. The Labute approximate surface area is 137 Å². The van der Waals surface area contributed by atoms with Crippen LogP contribution in [0.3, 0.4) is 0 Å². The number of primary amides is 1. The van der Waals surface area contributed by atoms with E-state index in [0.717, 1.165) is 11.0 Å². The third-order valence-electron chi connectivity index (χ3n) is 3.71. The SMILES string of the molecule is CC(C)[C@H](N)C(=O)OCC1O[C@H](n2cnc(C(N)=O)n2)[C@@H](O)[C@H]1O. The number of aromatic nitrogens is 3. The Morgan fingerprint density at radius 1 is 1.42 bits per heavy atom. The molecule has 1 aromatic rings. The summed E-state index contributed by atoms with van der Waals surface area (Å²) in [5.74, 6) is -1.82. The largest absolute Gasteiger partial charge is 0.462 e. The van der Waals surface area contributed by atoms with Gasteiger partial charge < -0.3 is 31.2 Å². The maximum Gasteiger partial charge on any atom is 0.323 e. The highest BCUT2D eigenvalue weighted by atomic mass is 16.6. The second-order valence-corrected chi connectivity index (χ2v) is 5.86. The van der Waals surface area contributed by atoms with E-state index in [4.69, 9.17) is 20.9 Å². The summed E-state index contributed by atoms with van der Waals surface area (Å²) in [5, 5.41) is 23.8. The summed E-state index contributed by atoms with van der Waals surface area (Å²) in [6.07, 6.45) is -3.60. The van der Waals surface area contributed by atoms with Gasteiger partial charge in [-0.05, 0) is 5.92 Å². The van der Waals surface area contributed by atoms with Crippen LogP contribution in [0.5, 0.6) is 0 Å². The van der Waals surface area contributed by atoms with Crippen molar-refractivity contribution >= 4 is 11.9 Å². The number of carbonyl (C=O) groups excluding carboxylic acids is 2. The highest BCUT2D eigenvalue weighted by Crippen LogP contribution is 2.29. The van der Waals surface area contributed by atoms with Gasteiger partial charge in [-0.15, -0.1) is 5.10 Å². The lowest BCUT2D eigenvalue weighted by Gasteiger charge is -2.18. The van der Waals surface area contributed by atoms with Crippen molar-refractivity contribution in [2.24, 2.45) is 17.4 Å². The van der Waals surface area contributed by atoms with Crippen molar-refractivity contribution in [1.29, 1.82) is 0 Å². The molecule has 2 heterocycles. The zero-order valence-electron chi connectivity index (χ0n) is 13.3. The van der Waals surface area contributed by atoms with Gasteiger partial charge in [0, 0.05) is 0 Å². The van der Waals surface area contributed by atoms with E-state index in [0.29, 0.717) is 0 Å². The maximum absolute atomic E-state index is 11.7. The molecule has 2 rings (SSSR count). The van der Waals surface area contributed by atoms with Crippen LogP contribution in [0.2, 0.25) is 0 Å². The summed E-state index contributed by atoms with van der Waals surface area (Å²) in [7, 11) is 0. The molecule has 0 aromatic carbocycles. The number of carbonyl (C=O) groups is 2. The van der Waals surface area contributed by atoms with Gasteiger partial charge in [0.2, 0.25) is 5.82 Å². The lowest BCUT2D eigenvalue weighted by atomic mass is 10.1. The Balaban J connectivity index is 1.99. The molecule has 11 heteroatoms. The monoisotopic (exact) mass is 343 g/mol. The van der Waals surface area contributed by atoms with E-state index in [1.54, 1.807) is 13.8 Å². The average molecular weight is 343 g/mol. The van der Waals surface area contributed by atoms with E-state index in [9.17, 15) is 19.8 Å². The first-order valence-corrected chi connectivity index (χ1v) is 7.37. The molecule has 0 spiro atoms. The third-order valence-corrected chi connectivity index (χ3v) is 3.71. The van der Waals surface area contributed by atoms with E-state index in [1.807, 2.05) is 0 Å². The van der Waals surface area contributed by atoms with Gasteiger partial charge in [0.15, 0.2) is 6.23 Å². The van der Waals surface area contributed by atoms with Gasteiger partial charge in [0.1, 0.15) is 37.3 Å². The number of hydrogen-bond acceptors (Lipinski definition) is 9. The Hall–Kier alpha value is -2.08. The molecule has 6 N–H and O–H groups in total. The molecule has 1 unspecified atom stereocenters. The molecule has 1 amide bonds. The van der Waals surface area contributed by atoms with Gasteiger partial charge in [-0.25, -0.2) is 9.67 Å². The first-order chi connectivity index (χ1) is 11.2. The minimum atomic E-state index is -1.35. The summed E-state index contributed by atoms with van der Waals surface area (Å²) >= 11 is 0. The molecule has 1 aromatic heterocycles. The van der Waals surface area contributed by atoms with E-state index in [1.165, 1.54) is 0 Å². The number of aliphatic hydroxyl groups is 2. The van der Waals surface area contributed by atoms with Crippen molar-refractivity contribution in [2.45, 2.75) is 44.4 Å². The first-order valence-electron chi connectivity index (χ1n) is 7.37. The van der Waals surface area contributed by atoms with Crippen molar-refractivity contribution in [2.75, 3.05) is 6.61 Å². The topological polar surface area (TPSA) is 176 Å². The van der Waals surface area contributed by atoms with Gasteiger partial charge in [0.25, 0.3) is 5.91 Å². The molecular weight excluding hydrogens is 322 g/mol. The number of amides is 1. The Bertz CT molecular complexity index is 605. The van der Waals surface area contributed by atoms with E-state index >= 15 is 0 Å². The molecular formula is C13H21N5O6. The van der Waals surface area contributed by atoms with Crippen LogP contribution in [-0.2, 0) is 14.3 Å². The molecule has 0 saturated carbocycles. The molecule has 0 radical (unpaired) electrons. The Kier molecular flexibility index (Phi) is 5.49. The first kappa shape index (κ1) is 18.3. The molecule has 0 bridgehead atoms. The van der Waals surface area contributed by atoms with Crippen LogP contribution in [0, 0.1) is 5.92 Å². The van der Waals surface area contributed by atoms with Crippen LogP contribution in [0.1, 0.15) is 30.7 Å². The molecule has 0 aliphatic carbocycles. The zero-order chi connectivity index (χ0) is 18.0. The summed E-state index contributed by atoms with van der Waals surface area (Å²) < 4.78 is 11.5. The van der Waals surface area contributed by atoms with Crippen molar-refractivity contribution < 1.29 is 29.3 Å². The smallest absolute Gasteiger partial charge is 0.323 e. The number of ether oxygens (including phenoxy) is 2. The highest BCUT2D eigenvalue weighted by molar-refractivity contribution is 5.88. The van der Waals surface area contributed by atoms with Crippen LogP contribution in [0.15, 0.2) is 6.33 Å². The molecule has 11 nitrogen and oxygen atoms in total. The van der Waals surface area contributed by atoms with Crippen LogP contribution in [0.4, 0.5) is 0 Å². The van der Waals surface area contributed by atoms with Gasteiger partial charge in [-0.1, -0.05) is 13.8 Å². The van der Waals surface area contributed by atoms with E-state index < -0.39 is 42.5 Å². The predicted octanol–water partition coefficient (Wildman–Crippen LogP) is -2.48. The second-order valence-electron chi connectivity index (χ2n) is 5.86. The third kappa shape index (κ3) is 3.70. The van der Waals surface area contributed by atoms with Crippen molar-refractivity contribution in [3.63, 3.8) is 0 Å². The van der Waals surface area contributed by atoms with Crippen LogP contribution >= 0.6 is 0 Å². The number of hydrogen-bond donors (Lipinski definition) is 4. The predicted molar refractivity (Wildman–Crippen MR) is 78.2 cm³/mol. The van der Waals surface area contributed by atoms with Gasteiger partial charge in [-0.3, -0.25) is 9.59 Å². The quantitative estimate of drug-likeness (QED) is 0.407. The Morgan fingerprint density at radius 3 is 2.62 bits per heavy atom. The van der Waals surface area contributed by atoms with Crippen LogP contribution in [-0.4, -0.2) is 67.8 Å². The fraction of sp³-hybridized carbons (Fsp3) is 0.692. The molecule has 134 valence electrons. The normalized spacial score (nSPS) is 28.1. The molecule has 5 atom stereocenters. The van der Waals surface area contributed by atoms with Gasteiger partial charge >= 0.3 is 5.97 Å². The molecule has 1 fully saturated rings. The van der Waals surface area contributed by atoms with Crippen molar-refractivity contribution in [3.05, 3.63) is 12.2 Å². The van der Waals surface area contributed by atoms with E-state index in [-0.39, 0.29) is 18.3 Å². The summed E-state index contributed by atoms with van der Waals surface area (Å²) in [6.45, 7) is 3.26. The summed E-state index contributed by atoms with van der Waals surface area (Å²) in [6, 6.07) is -0.794. The highest BCUT2D eigenvalue weighted by Gasteiger charge is 2.45. The standard InChI is InChI=1S/C13H21N5O6/c1-5(2)7(14)13(22)23-3-6-8(19)9(20)12(24-6)18-4-16-11(17-18)10(15)21/h4-9,12,19-20H,3,14H2,1-2H3,(H2,15,21)/t6?,7-,8-,9-,12-/m0/s1. The molecule has 1 aliphatic rings. The van der Waals surface area contributed by atoms with Crippen LogP contribution < -0.4 is 11.5 Å². The molecule has 1 saturated heterocycles. The van der Waals surface area contributed by atoms with Crippen molar-refractivity contribution in [3.8, 4) is 0 Å². The molecule has 24 heavy (non-hydrogen) atoms. The lowest BCUT2D eigenvalue weighted by molar-refractivity contribution is -0.152. The zero-order valence-corrected chi connectivity index (χ0v) is 13.3. The number of aliphatic hydroxyl groups excluding tert-OH is 2. The molecule has 1 aliphatic heterocycles. The van der Waals surface area contributed by atoms with Crippen LogP contribution in [0.25, 0.3) is 0 Å². The number of esters is 1. The van der Waals surface area contributed by atoms with Gasteiger partial charge in [-0.2, -0.15) is 0 Å². The minimum absolute atomic E-state index is 0.104. The number of nitrogens with two attached hydrogens (primary N) is 2. The number of rotatable bonds is 6. The number of nitrogens with zero attached hydrogens (tertiary/aromatic N) is 3. The minimum Gasteiger partial charge on any atom is -0.462 e.